The number of methoxy groups -OCH3 is 1. The summed E-state index contributed by atoms with van der Waals surface area (Å²) in [6.45, 7) is 4.91. The summed E-state index contributed by atoms with van der Waals surface area (Å²) in [6.07, 6.45) is 7.62. The highest BCUT2D eigenvalue weighted by Gasteiger charge is 2.35. The zero-order valence-electron chi connectivity index (χ0n) is 22.2. The van der Waals surface area contributed by atoms with Gasteiger partial charge in [-0.15, -0.1) is 0 Å². The molecular formula is C30H39NO6. The van der Waals surface area contributed by atoms with Crippen LogP contribution in [0.25, 0.3) is 11.1 Å². The maximum absolute atomic E-state index is 13.1. The molecule has 0 bridgehead atoms. The van der Waals surface area contributed by atoms with Gasteiger partial charge in [-0.25, -0.2) is 0 Å². The SMILES string of the molecule is CCOc1cc(-c2ccc(NC(=O)[C@@H]3CCCC[C@@H]3C(=O)O)cc2COC2CCCC2)cc(OC)c1C. The minimum absolute atomic E-state index is 0.224. The molecule has 7 heteroatoms. The second kappa shape index (κ2) is 12.5. The lowest BCUT2D eigenvalue weighted by Crippen LogP contribution is -2.36. The van der Waals surface area contributed by atoms with Crippen LogP contribution in [0.5, 0.6) is 11.5 Å². The fourth-order valence-electron chi connectivity index (χ4n) is 5.65. The number of hydrogen-bond acceptors (Lipinski definition) is 5. The smallest absolute Gasteiger partial charge is 0.307 e. The number of carboxylic acid groups (broad SMARTS) is 1. The maximum Gasteiger partial charge on any atom is 0.307 e. The highest BCUT2D eigenvalue weighted by molar-refractivity contribution is 5.95. The first kappa shape index (κ1) is 27.0. The van der Waals surface area contributed by atoms with E-state index in [1.807, 2.05) is 44.2 Å². The van der Waals surface area contributed by atoms with Gasteiger partial charge in [0.25, 0.3) is 0 Å². The number of anilines is 1. The lowest BCUT2D eigenvalue weighted by molar-refractivity contribution is -0.147. The Hall–Kier alpha value is -3.06. The van der Waals surface area contributed by atoms with E-state index in [9.17, 15) is 14.7 Å². The molecule has 0 spiro atoms. The first-order valence-electron chi connectivity index (χ1n) is 13.5. The predicted molar refractivity (Wildman–Crippen MR) is 143 cm³/mol. The Labute approximate surface area is 219 Å². The van der Waals surface area contributed by atoms with Gasteiger partial charge >= 0.3 is 5.97 Å². The number of nitrogens with one attached hydrogen (secondary N) is 1. The van der Waals surface area contributed by atoms with Crippen molar-refractivity contribution in [2.24, 2.45) is 11.8 Å². The van der Waals surface area contributed by atoms with Gasteiger partial charge in [0.05, 0.1) is 38.3 Å². The van der Waals surface area contributed by atoms with Crippen molar-refractivity contribution in [3.05, 3.63) is 41.5 Å². The Balaban J connectivity index is 1.64. The van der Waals surface area contributed by atoms with E-state index in [0.717, 1.165) is 59.4 Å². The third-order valence-electron chi connectivity index (χ3n) is 7.71. The van der Waals surface area contributed by atoms with Gasteiger partial charge in [-0.3, -0.25) is 9.59 Å². The van der Waals surface area contributed by atoms with Crippen LogP contribution in [0.3, 0.4) is 0 Å². The molecule has 2 aliphatic rings. The van der Waals surface area contributed by atoms with Gasteiger partial charge in [0.2, 0.25) is 5.91 Å². The van der Waals surface area contributed by atoms with E-state index in [4.69, 9.17) is 14.2 Å². The third-order valence-corrected chi connectivity index (χ3v) is 7.71. The van der Waals surface area contributed by atoms with E-state index < -0.39 is 17.8 Å². The molecule has 4 rings (SSSR count). The van der Waals surface area contributed by atoms with Gasteiger partial charge in [0.15, 0.2) is 0 Å². The van der Waals surface area contributed by atoms with E-state index in [0.29, 0.717) is 31.7 Å². The van der Waals surface area contributed by atoms with Crippen molar-refractivity contribution in [3.8, 4) is 22.6 Å². The topological polar surface area (TPSA) is 94.1 Å². The highest BCUT2D eigenvalue weighted by Crippen LogP contribution is 2.38. The zero-order chi connectivity index (χ0) is 26.4. The molecule has 200 valence electrons. The molecule has 2 atom stereocenters. The Kier molecular flexibility index (Phi) is 9.09. The number of rotatable bonds is 10. The molecule has 2 aromatic rings. The largest absolute Gasteiger partial charge is 0.496 e. The van der Waals surface area contributed by atoms with Crippen LogP contribution >= 0.6 is 0 Å². The fraction of sp³-hybridized carbons (Fsp3) is 0.533. The summed E-state index contributed by atoms with van der Waals surface area (Å²) in [5.74, 6) is -0.737. The second-order valence-electron chi connectivity index (χ2n) is 10.1. The summed E-state index contributed by atoms with van der Waals surface area (Å²) in [4.78, 5) is 24.8. The highest BCUT2D eigenvalue weighted by atomic mass is 16.5. The first-order chi connectivity index (χ1) is 17.9. The van der Waals surface area contributed by atoms with Gasteiger partial charge < -0.3 is 24.6 Å². The minimum atomic E-state index is -0.890. The van der Waals surface area contributed by atoms with Crippen LogP contribution in [-0.4, -0.2) is 36.8 Å². The maximum atomic E-state index is 13.1. The molecule has 0 heterocycles. The summed E-state index contributed by atoms with van der Waals surface area (Å²) >= 11 is 0. The summed E-state index contributed by atoms with van der Waals surface area (Å²) < 4.78 is 17.8. The van der Waals surface area contributed by atoms with Crippen molar-refractivity contribution in [1.29, 1.82) is 0 Å². The predicted octanol–water partition coefficient (Wildman–Crippen LogP) is 6.36. The molecule has 7 nitrogen and oxygen atoms in total. The van der Waals surface area contributed by atoms with Crippen LogP contribution in [-0.2, 0) is 20.9 Å². The summed E-state index contributed by atoms with van der Waals surface area (Å²) in [7, 11) is 1.65. The molecular weight excluding hydrogens is 470 g/mol. The van der Waals surface area contributed by atoms with Crippen molar-refractivity contribution in [3.63, 3.8) is 0 Å². The molecule has 1 amide bonds. The first-order valence-corrected chi connectivity index (χ1v) is 13.5. The molecule has 2 aromatic carbocycles. The van der Waals surface area contributed by atoms with Crippen LogP contribution < -0.4 is 14.8 Å². The molecule has 0 radical (unpaired) electrons. The van der Waals surface area contributed by atoms with E-state index in [2.05, 4.69) is 5.32 Å². The van der Waals surface area contributed by atoms with Crippen molar-refractivity contribution in [2.75, 3.05) is 19.0 Å². The molecule has 2 saturated carbocycles. The van der Waals surface area contributed by atoms with Crippen LogP contribution in [0.4, 0.5) is 5.69 Å². The Bertz CT molecular complexity index is 1110. The number of carbonyl (C=O) groups is 2. The zero-order valence-corrected chi connectivity index (χ0v) is 22.2. The van der Waals surface area contributed by atoms with Crippen molar-refractivity contribution in [1.82, 2.24) is 0 Å². The molecule has 2 fully saturated rings. The lowest BCUT2D eigenvalue weighted by Gasteiger charge is -2.27. The van der Waals surface area contributed by atoms with Crippen LogP contribution in [0.15, 0.2) is 30.3 Å². The van der Waals surface area contributed by atoms with Gasteiger partial charge in [-0.05, 0) is 80.5 Å². The van der Waals surface area contributed by atoms with Crippen LogP contribution in [0, 0.1) is 18.8 Å². The summed E-state index contributed by atoms with van der Waals surface area (Å²) in [6, 6.07) is 9.83. The molecule has 0 saturated heterocycles. The van der Waals surface area contributed by atoms with E-state index in [1.165, 1.54) is 12.8 Å². The number of benzene rings is 2. The molecule has 0 aliphatic heterocycles. The summed E-state index contributed by atoms with van der Waals surface area (Å²) in [5.41, 5.74) is 4.48. The quantitative estimate of drug-likeness (QED) is 0.387. The number of aliphatic carboxylic acids is 1. The van der Waals surface area contributed by atoms with E-state index >= 15 is 0 Å². The number of amides is 1. The second-order valence-corrected chi connectivity index (χ2v) is 10.1. The van der Waals surface area contributed by atoms with Crippen molar-refractivity contribution >= 4 is 17.6 Å². The third kappa shape index (κ3) is 6.45. The Morgan fingerprint density at radius 1 is 0.973 bits per heavy atom. The van der Waals surface area contributed by atoms with Crippen molar-refractivity contribution < 1.29 is 28.9 Å². The minimum Gasteiger partial charge on any atom is -0.496 e. The summed E-state index contributed by atoms with van der Waals surface area (Å²) in [5, 5.41) is 12.6. The van der Waals surface area contributed by atoms with Gasteiger partial charge in [0, 0.05) is 11.3 Å². The van der Waals surface area contributed by atoms with Gasteiger partial charge in [-0.2, -0.15) is 0 Å². The molecule has 0 unspecified atom stereocenters. The van der Waals surface area contributed by atoms with E-state index in [-0.39, 0.29) is 12.0 Å². The molecule has 2 N–H and O–H groups in total. The standard InChI is InChI=1S/C30H39NO6/c1-4-36-28-17-20(16-27(35-3)19(28)2)24-14-13-22(15-21(24)18-37-23-9-5-6-10-23)31-29(32)25-11-7-8-12-26(25)30(33)34/h13-17,23,25-26H,4-12,18H2,1-3H3,(H,31,32)(H,33,34)/t25-,26+/m1/s1. The average Bonchev–Trinajstić information content (AvgIpc) is 3.42. The van der Waals surface area contributed by atoms with Gasteiger partial charge in [-0.1, -0.05) is 31.7 Å². The molecule has 2 aliphatic carbocycles. The van der Waals surface area contributed by atoms with Crippen LogP contribution in [0.2, 0.25) is 0 Å². The number of carbonyl (C=O) groups excluding carboxylic acids is 1. The van der Waals surface area contributed by atoms with Crippen LogP contribution in [0.1, 0.15) is 69.4 Å². The number of hydrogen-bond donors (Lipinski definition) is 2. The monoisotopic (exact) mass is 509 g/mol. The average molecular weight is 510 g/mol. The Morgan fingerprint density at radius 2 is 1.65 bits per heavy atom. The normalized spacial score (nSPS) is 20.0. The van der Waals surface area contributed by atoms with Gasteiger partial charge in [0.1, 0.15) is 11.5 Å². The number of carboxylic acids is 1. The molecule has 0 aromatic heterocycles. The van der Waals surface area contributed by atoms with E-state index in [1.54, 1.807) is 7.11 Å². The fourth-order valence-corrected chi connectivity index (χ4v) is 5.65. The molecule has 37 heavy (non-hydrogen) atoms. The Morgan fingerprint density at radius 3 is 2.32 bits per heavy atom. The van der Waals surface area contributed by atoms with Crippen molar-refractivity contribution in [2.45, 2.75) is 77.9 Å². The lowest BCUT2D eigenvalue weighted by atomic mass is 9.78. The number of ether oxygens (including phenoxy) is 3.